The normalized spacial score (nSPS) is 28.8. The molecule has 9 nitrogen and oxygen atoms in total. The molecule has 1 aromatic rings. The standard InChI is InChI=1S/C27H40O9/c1-4-33-27(34-5-2)18-8-6-17(7-9-18)21(30)12-19(29)13-23-25(32)22(31)14-20(35-23)15-24-26(36-24)16(3)10-11-28/h6-9,16,20,22-28,31-32H,4-5,10-15H2,1-3H3/t16-,20-,22+,23-,24-,25+,26-/m0/s1. The molecule has 0 aliphatic carbocycles. The Labute approximate surface area is 212 Å². The molecular formula is C27H40O9. The summed E-state index contributed by atoms with van der Waals surface area (Å²) in [5.74, 6) is -0.467. The van der Waals surface area contributed by atoms with Crippen LogP contribution in [0.4, 0.5) is 0 Å². The van der Waals surface area contributed by atoms with E-state index in [1.807, 2.05) is 20.8 Å². The molecule has 0 aromatic heterocycles. The molecule has 0 unspecified atom stereocenters. The summed E-state index contributed by atoms with van der Waals surface area (Å²) in [6.07, 6.45) is -2.96. The van der Waals surface area contributed by atoms with Crippen molar-refractivity contribution < 1.29 is 43.9 Å². The van der Waals surface area contributed by atoms with Crippen molar-refractivity contribution in [3.63, 3.8) is 0 Å². The highest BCUT2D eigenvalue weighted by Crippen LogP contribution is 2.37. The number of ether oxygens (including phenoxy) is 4. The summed E-state index contributed by atoms with van der Waals surface area (Å²) in [5.41, 5.74) is 1.18. The number of Topliss-reactive ketones (excluding diaryl/α,β-unsaturated/α-hetero) is 2. The van der Waals surface area contributed by atoms with E-state index in [2.05, 4.69) is 0 Å². The Morgan fingerprint density at radius 3 is 2.33 bits per heavy atom. The average molecular weight is 509 g/mol. The fourth-order valence-corrected chi connectivity index (χ4v) is 4.78. The van der Waals surface area contributed by atoms with Crippen molar-refractivity contribution in [2.24, 2.45) is 5.92 Å². The van der Waals surface area contributed by atoms with Crippen LogP contribution < -0.4 is 0 Å². The molecule has 2 aliphatic rings. The molecule has 36 heavy (non-hydrogen) atoms. The first kappa shape index (κ1) is 28.8. The van der Waals surface area contributed by atoms with Gasteiger partial charge in [0.25, 0.3) is 0 Å². The number of benzene rings is 1. The quantitative estimate of drug-likeness (QED) is 0.141. The molecule has 3 rings (SSSR count). The fraction of sp³-hybridized carbons (Fsp3) is 0.704. The summed E-state index contributed by atoms with van der Waals surface area (Å²) in [5, 5.41) is 29.8. The molecule has 0 radical (unpaired) electrons. The van der Waals surface area contributed by atoms with E-state index in [9.17, 15) is 19.8 Å². The van der Waals surface area contributed by atoms with Crippen LogP contribution in [0, 0.1) is 5.92 Å². The maximum Gasteiger partial charge on any atom is 0.183 e. The third kappa shape index (κ3) is 7.89. The number of aliphatic hydroxyl groups is 3. The van der Waals surface area contributed by atoms with E-state index in [4.69, 9.17) is 24.1 Å². The highest BCUT2D eigenvalue weighted by atomic mass is 16.7. The zero-order valence-corrected chi connectivity index (χ0v) is 21.4. The number of aliphatic hydroxyl groups excluding tert-OH is 3. The van der Waals surface area contributed by atoms with Crippen molar-refractivity contribution in [1.29, 1.82) is 0 Å². The molecule has 1 aromatic carbocycles. The lowest BCUT2D eigenvalue weighted by Crippen LogP contribution is -2.49. The minimum Gasteiger partial charge on any atom is -0.396 e. The minimum absolute atomic E-state index is 0.0232. The van der Waals surface area contributed by atoms with E-state index in [1.54, 1.807) is 24.3 Å². The van der Waals surface area contributed by atoms with Crippen molar-refractivity contribution in [2.45, 2.75) is 95.8 Å². The Bertz CT molecular complexity index is 836. The molecule has 9 heteroatoms. The first-order chi connectivity index (χ1) is 17.3. The third-order valence-electron chi connectivity index (χ3n) is 6.84. The molecule has 0 saturated carbocycles. The molecule has 7 atom stereocenters. The van der Waals surface area contributed by atoms with Gasteiger partial charge in [0.2, 0.25) is 0 Å². The largest absolute Gasteiger partial charge is 0.396 e. The van der Waals surface area contributed by atoms with Crippen LogP contribution in [0.3, 0.4) is 0 Å². The summed E-state index contributed by atoms with van der Waals surface area (Å²) in [4.78, 5) is 25.3. The lowest BCUT2D eigenvalue weighted by atomic mass is 9.90. The summed E-state index contributed by atoms with van der Waals surface area (Å²) in [6.45, 7) is 6.85. The van der Waals surface area contributed by atoms with Crippen LogP contribution in [0.15, 0.2) is 24.3 Å². The molecular weight excluding hydrogens is 468 g/mol. The van der Waals surface area contributed by atoms with Crippen LogP contribution >= 0.6 is 0 Å². The van der Waals surface area contributed by atoms with Gasteiger partial charge in [-0.05, 0) is 26.2 Å². The van der Waals surface area contributed by atoms with Crippen molar-refractivity contribution in [2.75, 3.05) is 19.8 Å². The third-order valence-corrected chi connectivity index (χ3v) is 6.84. The van der Waals surface area contributed by atoms with Gasteiger partial charge in [0, 0.05) is 50.2 Å². The van der Waals surface area contributed by atoms with Crippen molar-refractivity contribution in [3.8, 4) is 0 Å². The predicted molar refractivity (Wildman–Crippen MR) is 130 cm³/mol. The van der Waals surface area contributed by atoms with E-state index < -0.39 is 24.6 Å². The monoisotopic (exact) mass is 508 g/mol. The topological polar surface area (TPSA) is 135 Å². The SMILES string of the molecule is CCOC(OCC)c1ccc(C(=O)CC(=O)C[C@@H]2O[C@H](C[C@@H]3O[C@H]3[C@@H](C)CCO)C[C@@H](O)[C@H]2O)cc1. The Kier molecular flexibility index (Phi) is 11.0. The Hall–Kier alpha value is -1.72. The molecule has 0 spiro atoms. The van der Waals surface area contributed by atoms with Crippen molar-refractivity contribution in [3.05, 3.63) is 35.4 Å². The zero-order valence-electron chi connectivity index (χ0n) is 21.4. The summed E-state index contributed by atoms with van der Waals surface area (Å²) >= 11 is 0. The molecule has 2 heterocycles. The van der Waals surface area contributed by atoms with Gasteiger partial charge in [-0.1, -0.05) is 31.2 Å². The number of hydrogen-bond donors (Lipinski definition) is 3. The van der Waals surface area contributed by atoms with Crippen molar-refractivity contribution >= 4 is 11.6 Å². The van der Waals surface area contributed by atoms with Gasteiger partial charge in [0.15, 0.2) is 12.1 Å². The second-order valence-electron chi connectivity index (χ2n) is 9.66. The zero-order chi connectivity index (χ0) is 26.2. The molecule has 202 valence electrons. The van der Waals surface area contributed by atoms with Gasteiger partial charge in [-0.15, -0.1) is 0 Å². The fourth-order valence-electron chi connectivity index (χ4n) is 4.78. The molecule has 0 bridgehead atoms. The summed E-state index contributed by atoms with van der Waals surface area (Å²) in [7, 11) is 0. The molecule has 2 saturated heterocycles. The van der Waals surface area contributed by atoms with Gasteiger partial charge >= 0.3 is 0 Å². The van der Waals surface area contributed by atoms with Crippen LogP contribution in [0.25, 0.3) is 0 Å². The smallest absolute Gasteiger partial charge is 0.183 e. The molecule has 2 fully saturated rings. The lowest BCUT2D eigenvalue weighted by Gasteiger charge is -2.37. The number of ketones is 2. The maximum atomic E-state index is 12.7. The summed E-state index contributed by atoms with van der Waals surface area (Å²) < 4.78 is 22.8. The van der Waals surface area contributed by atoms with Crippen LogP contribution in [0.2, 0.25) is 0 Å². The van der Waals surface area contributed by atoms with E-state index >= 15 is 0 Å². The Morgan fingerprint density at radius 1 is 1.06 bits per heavy atom. The highest BCUT2D eigenvalue weighted by Gasteiger charge is 2.46. The van der Waals surface area contributed by atoms with Gasteiger partial charge < -0.3 is 34.3 Å². The maximum absolute atomic E-state index is 12.7. The average Bonchev–Trinajstić information content (AvgIpc) is 3.61. The second-order valence-corrected chi connectivity index (χ2v) is 9.66. The van der Waals surface area contributed by atoms with E-state index in [1.165, 1.54) is 0 Å². The van der Waals surface area contributed by atoms with Gasteiger partial charge in [-0.25, -0.2) is 0 Å². The van der Waals surface area contributed by atoms with E-state index in [-0.39, 0.29) is 61.7 Å². The Balaban J connectivity index is 1.51. The number of epoxide rings is 1. The molecule has 0 amide bonds. The lowest BCUT2D eigenvalue weighted by molar-refractivity contribution is -0.174. The van der Waals surface area contributed by atoms with Crippen LogP contribution in [-0.4, -0.2) is 83.3 Å². The Morgan fingerprint density at radius 2 is 1.72 bits per heavy atom. The first-order valence-electron chi connectivity index (χ1n) is 12.9. The van der Waals surface area contributed by atoms with Crippen LogP contribution in [0.5, 0.6) is 0 Å². The van der Waals surface area contributed by atoms with Gasteiger partial charge in [0.1, 0.15) is 11.9 Å². The predicted octanol–water partition coefficient (Wildman–Crippen LogP) is 2.35. The van der Waals surface area contributed by atoms with Crippen LogP contribution in [-0.2, 0) is 23.7 Å². The van der Waals surface area contributed by atoms with Crippen LogP contribution in [0.1, 0.15) is 75.1 Å². The molecule has 2 aliphatic heterocycles. The number of carbonyl (C=O) groups excluding carboxylic acids is 2. The minimum atomic E-state index is -1.20. The van der Waals surface area contributed by atoms with Gasteiger partial charge in [-0.2, -0.15) is 0 Å². The van der Waals surface area contributed by atoms with E-state index in [0.29, 0.717) is 31.6 Å². The first-order valence-corrected chi connectivity index (χ1v) is 12.9. The van der Waals surface area contributed by atoms with Gasteiger partial charge in [-0.3, -0.25) is 9.59 Å². The molecule has 3 N–H and O–H groups in total. The van der Waals surface area contributed by atoms with Crippen molar-refractivity contribution in [1.82, 2.24) is 0 Å². The summed E-state index contributed by atoms with van der Waals surface area (Å²) in [6, 6.07) is 6.78. The van der Waals surface area contributed by atoms with E-state index in [0.717, 1.165) is 5.56 Å². The number of carbonyl (C=O) groups is 2. The second kappa shape index (κ2) is 13.7. The van der Waals surface area contributed by atoms with Gasteiger partial charge in [0.05, 0.1) is 36.9 Å². The number of rotatable bonds is 15. The highest BCUT2D eigenvalue weighted by molar-refractivity contribution is 6.08. The number of hydrogen-bond acceptors (Lipinski definition) is 9.